The number of anilines is 1. The van der Waals surface area contributed by atoms with Gasteiger partial charge in [0.05, 0.1) is 17.2 Å². The predicted molar refractivity (Wildman–Crippen MR) is 187 cm³/mol. The topological polar surface area (TPSA) is 96.0 Å². The van der Waals surface area contributed by atoms with Gasteiger partial charge in [-0.15, -0.1) is 0 Å². The normalized spacial score (nSPS) is 12.2. The summed E-state index contributed by atoms with van der Waals surface area (Å²) in [5.41, 5.74) is 3.40. The molecule has 8 nitrogen and oxygen atoms in total. The predicted octanol–water partition coefficient (Wildman–Crippen LogP) is 6.45. The van der Waals surface area contributed by atoms with Crippen LogP contribution in [0.15, 0.2) is 108 Å². The molecule has 0 fully saturated rings. The van der Waals surface area contributed by atoms with Crippen LogP contribution in [0.3, 0.4) is 0 Å². The van der Waals surface area contributed by atoms with E-state index in [9.17, 15) is 18.0 Å². The molecule has 4 aromatic carbocycles. The number of hydrogen-bond acceptors (Lipinski definition) is 5. The highest BCUT2D eigenvalue weighted by molar-refractivity contribution is 7.92. The lowest BCUT2D eigenvalue weighted by Crippen LogP contribution is -2.56. The molecule has 1 atom stereocenters. The summed E-state index contributed by atoms with van der Waals surface area (Å²) in [6.45, 7) is 11.4. The van der Waals surface area contributed by atoms with Gasteiger partial charge >= 0.3 is 0 Å². The van der Waals surface area contributed by atoms with Crippen molar-refractivity contribution in [3.8, 4) is 5.75 Å². The summed E-state index contributed by atoms with van der Waals surface area (Å²) in [4.78, 5) is 30.2. The molecular weight excluding hydrogens is 611 g/mol. The molecule has 0 aliphatic carbocycles. The largest absolute Gasteiger partial charge is 0.494 e. The Hall–Kier alpha value is -4.63. The third-order valence-corrected chi connectivity index (χ3v) is 9.35. The molecule has 0 heterocycles. The zero-order valence-electron chi connectivity index (χ0n) is 28.1. The van der Waals surface area contributed by atoms with E-state index in [1.54, 1.807) is 36.4 Å². The van der Waals surface area contributed by atoms with Crippen molar-refractivity contribution in [1.29, 1.82) is 0 Å². The molecule has 0 spiro atoms. The summed E-state index contributed by atoms with van der Waals surface area (Å²) in [7, 11) is -4.19. The lowest BCUT2D eigenvalue weighted by molar-refractivity contribution is -0.140. The number of carbonyl (C=O) groups is 2. The van der Waals surface area contributed by atoms with Crippen LogP contribution < -0.4 is 14.4 Å². The smallest absolute Gasteiger partial charge is 0.264 e. The van der Waals surface area contributed by atoms with E-state index < -0.39 is 34.1 Å². The molecule has 4 aromatic rings. The maximum absolute atomic E-state index is 14.6. The standard InChI is InChI=1S/C38H45N3O5S/c1-7-46-33-21-19-32(20-22-33)41(47(44,45)34-23-15-29(3)16-24-34)27-36(42)40(26-31-17-13-28(2)14-18-31)35(37(43)39-38(4,5)6)25-30-11-9-8-10-12-30/h8-24,35H,7,25-27H2,1-6H3,(H,39,43)/t35-/m0/s1. The highest BCUT2D eigenvalue weighted by Crippen LogP contribution is 2.27. The van der Waals surface area contributed by atoms with Gasteiger partial charge in [-0.3, -0.25) is 13.9 Å². The minimum Gasteiger partial charge on any atom is -0.494 e. The van der Waals surface area contributed by atoms with Crippen LogP contribution in [0.25, 0.3) is 0 Å². The second-order valence-corrected chi connectivity index (χ2v) is 14.6. The highest BCUT2D eigenvalue weighted by Gasteiger charge is 2.35. The number of nitrogens with one attached hydrogen (secondary N) is 1. The molecule has 0 saturated carbocycles. The molecule has 0 aliphatic rings. The molecule has 1 N–H and O–H groups in total. The molecule has 9 heteroatoms. The van der Waals surface area contributed by atoms with Crippen molar-refractivity contribution >= 4 is 27.5 Å². The molecule has 4 rings (SSSR count). The first-order valence-electron chi connectivity index (χ1n) is 15.8. The van der Waals surface area contributed by atoms with Crippen LogP contribution in [0, 0.1) is 13.8 Å². The van der Waals surface area contributed by atoms with Gasteiger partial charge in [-0.2, -0.15) is 0 Å². The van der Waals surface area contributed by atoms with E-state index in [2.05, 4.69) is 5.32 Å². The lowest BCUT2D eigenvalue weighted by atomic mass is 10.0. The summed E-state index contributed by atoms with van der Waals surface area (Å²) in [5, 5.41) is 3.06. The summed E-state index contributed by atoms with van der Waals surface area (Å²) >= 11 is 0. The maximum atomic E-state index is 14.6. The maximum Gasteiger partial charge on any atom is 0.264 e. The van der Waals surface area contributed by atoms with E-state index in [-0.39, 0.29) is 23.8 Å². The summed E-state index contributed by atoms with van der Waals surface area (Å²) in [5.74, 6) is -0.256. The van der Waals surface area contributed by atoms with Gasteiger partial charge in [-0.1, -0.05) is 77.9 Å². The summed E-state index contributed by atoms with van der Waals surface area (Å²) in [6.07, 6.45) is 0.244. The Bertz CT molecular complexity index is 1730. The first kappa shape index (κ1) is 35.2. The number of amides is 2. The zero-order chi connectivity index (χ0) is 34.2. The Morgan fingerprint density at radius 1 is 0.787 bits per heavy atom. The number of rotatable bonds is 13. The molecule has 0 radical (unpaired) electrons. The van der Waals surface area contributed by atoms with Gasteiger partial charge in [0.1, 0.15) is 18.3 Å². The Morgan fingerprint density at radius 3 is 1.91 bits per heavy atom. The van der Waals surface area contributed by atoms with Gasteiger partial charge in [-0.05, 0) is 89.1 Å². The van der Waals surface area contributed by atoms with Crippen LogP contribution in [0.1, 0.15) is 49.9 Å². The number of sulfonamides is 1. The van der Waals surface area contributed by atoms with Gasteiger partial charge in [-0.25, -0.2) is 8.42 Å². The second kappa shape index (κ2) is 15.3. The summed E-state index contributed by atoms with van der Waals surface area (Å²) in [6, 6.07) is 29.5. The van der Waals surface area contributed by atoms with Crippen molar-refractivity contribution in [2.75, 3.05) is 17.5 Å². The molecule has 0 unspecified atom stereocenters. The molecule has 47 heavy (non-hydrogen) atoms. The van der Waals surface area contributed by atoms with Crippen molar-refractivity contribution in [2.24, 2.45) is 0 Å². The fraction of sp³-hybridized carbons (Fsp3) is 0.316. The van der Waals surface area contributed by atoms with E-state index in [1.165, 1.54) is 17.0 Å². The van der Waals surface area contributed by atoms with Gasteiger partial charge in [0.25, 0.3) is 10.0 Å². The van der Waals surface area contributed by atoms with Crippen molar-refractivity contribution in [3.05, 3.63) is 125 Å². The molecule has 2 amide bonds. The molecular formula is C38H45N3O5S. The number of carbonyl (C=O) groups excluding carboxylic acids is 2. The van der Waals surface area contributed by atoms with Crippen LogP contribution in [0.5, 0.6) is 5.75 Å². The molecule has 0 saturated heterocycles. The van der Waals surface area contributed by atoms with Crippen LogP contribution in [-0.4, -0.2) is 49.9 Å². The number of hydrogen-bond donors (Lipinski definition) is 1. The number of ether oxygens (including phenoxy) is 1. The van der Waals surface area contributed by atoms with Gasteiger partial charge in [0.2, 0.25) is 11.8 Å². The van der Waals surface area contributed by atoms with Crippen molar-refractivity contribution in [2.45, 2.75) is 71.0 Å². The number of nitrogens with zero attached hydrogens (tertiary/aromatic N) is 2. The lowest BCUT2D eigenvalue weighted by Gasteiger charge is -2.35. The average Bonchev–Trinajstić information content (AvgIpc) is 3.03. The fourth-order valence-corrected chi connectivity index (χ4v) is 6.55. The Morgan fingerprint density at radius 2 is 1.36 bits per heavy atom. The molecule has 0 aromatic heterocycles. The van der Waals surface area contributed by atoms with Gasteiger partial charge < -0.3 is 15.0 Å². The third kappa shape index (κ3) is 9.68. The monoisotopic (exact) mass is 655 g/mol. The molecule has 0 aliphatic heterocycles. The van der Waals surface area contributed by atoms with E-state index >= 15 is 0 Å². The Labute approximate surface area is 279 Å². The van der Waals surface area contributed by atoms with Crippen molar-refractivity contribution < 1.29 is 22.7 Å². The molecule has 248 valence electrons. The van der Waals surface area contributed by atoms with Gasteiger partial charge in [0.15, 0.2) is 0 Å². The second-order valence-electron chi connectivity index (χ2n) is 12.7. The Balaban J connectivity index is 1.81. The quantitative estimate of drug-likeness (QED) is 0.179. The van der Waals surface area contributed by atoms with Gasteiger partial charge in [0, 0.05) is 18.5 Å². The average molecular weight is 656 g/mol. The minimum atomic E-state index is -4.19. The van der Waals surface area contributed by atoms with E-state index in [4.69, 9.17) is 4.74 Å². The van der Waals surface area contributed by atoms with Crippen molar-refractivity contribution in [1.82, 2.24) is 10.2 Å². The minimum absolute atomic E-state index is 0.0566. The highest BCUT2D eigenvalue weighted by atomic mass is 32.2. The zero-order valence-corrected chi connectivity index (χ0v) is 28.9. The third-order valence-electron chi connectivity index (χ3n) is 7.57. The SMILES string of the molecule is CCOc1ccc(N(CC(=O)N(Cc2ccc(C)cc2)[C@@H](Cc2ccccc2)C(=O)NC(C)(C)C)S(=O)(=O)c2ccc(C)cc2)cc1. The summed E-state index contributed by atoms with van der Waals surface area (Å²) < 4.78 is 35.2. The van der Waals surface area contributed by atoms with Crippen LogP contribution >= 0.6 is 0 Å². The van der Waals surface area contributed by atoms with E-state index in [0.29, 0.717) is 18.0 Å². The first-order valence-corrected chi connectivity index (χ1v) is 17.2. The molecule has 0 bridgehead atoms. The van der Waals surface area contributed by atoms with E-state index in [0.717, 1.165) is 26.6 Å². The number of aryl methyl sites for hydroxylation is 2. The number of benzene rings is 4. The first-order chi connectivity index (χ1) is 22.3. The fourth-order valence-electron chi connectivity index (χ4n) is 5.14. The van der Waals surface area contributed by atoms with Crippen LogP contribution in [-0.2, 0) is 32.6 Å². The van der Waals surface area contributed by atoms with Crippen LogP contribution in [0.4, 0.5) is 5.69 Å². The Kier molecular flexibility index (Phi) is 11.5. The van der Waals surface area contributed by atoms with Crippen LogP contribution in [0.2, 0.25) is 0 Å². The van der Waals surface area contributed by atoms with Crippen molar-refractivity contribution in [3.63, 3.8) is 0 Å². The van der Waals surface area contributed by atoms with E-state index in [1.807, 2.05) is 96.1 Å².